The number of carbonyl (C=O) groups excluding carboxylic acids is 1. The molecule has 0 aliphatic heterocycles. The molecule has 0 aromatic carbocycles. The van der Waals surface area contributed by atoms with Crippen LogP contribution in [0, 0.1) is 0 Å². The van der Waals surface area contributed by atoms with Gasteiger partial charge in [-0.1, -0.05) is 90.9 Å². The molecule has 5 heteroatoms. The van der Waals surface area contributed by atoms with Crippen molar-refractivity contribution >= 4 is 16.9 Å². The van der Waals surface area contributed by atoms with E-state index >= 15 is 0 Å². The molecule has 0 saturated heterocycles. The summed E-state index contributed by atoms with van der Waals surface area (Å²) in [5, 5.41) is 0.861. The van der Waals surface area contributed by atoms with E-state index in [1.165, 1.54) is 75.3 Å². The van der Waals surface area contributed by atoms with E-state index < -0.39 is 0 Å². The molecule has 31 heavy (non-hydrogen) atoms. The molecular weight excluding hydrogens is 386 g/mol. The Morgan fingerprint density at radius 1 is 0.903 bits per heavy atom. The normalized spacial score (nSPS) is 11.2. The number of fused-ring (bicyclic) bond motifs is 1. The molecule has 0 aliphatic rings. The summed E-state index contributed by atoms with van der Waals surface area (Å²) in [5.41, 5.74) is 3.77. The highest BCUT2D eigenvalue weighted by Crippen LogP contribution is 2.13. The molecule has 2 rings (SSSR count). The van der Waals surface area contributed by atoms with Crippen LogP contribution < -0.4 is 11.0 Å². The summed E-state index contributed by atoms with van der Waals surface area (Å²) in [6, 6.07) is 5.61. The minimum Gasteiger partial charge on any atom is -0.273 e. The van der Waals surface area contributed by atoms with Gasteiger partial charge >= 0.3 is 0 Å². The first-order valence-electron chi connectivity index (χ1n) is 12.5. The smallest absolute Gasteiger partial charge is 0.273 e. The Morgan fingerprint density at radius 2 is 1.48 bits per heavy atom. The lowest BCUT2D eigenvalue weighted by Crippen LogP contribution is -2.35. The van der Waals surface area contributed by atoms with Gasteiger partial charge in [0.1, 0.15) is 0 Å². The molecule has 0 unspecified atom stereocenters. The number of unbranched alkanes of at least 4 members (excludes halogenated alkanes) is 12. The summed E-state index contributed by atoms with van der Waals surface area (Å²) in [6.45, 7) is 4.21. The van der Waals surface area contributed by atoms with Crippen LogP contribution in [0.1, 0.15) is 109 Å². The first kappa shape index (κ1) is 25.1. The Morgan fingerprint density at radius 3 is 2.06 bits per heavy atom. The van der Waals surface area contributed by atoms with Crippen molar-refractivity contribution in [2.75, 3.05) is 5.43 Å². The molecule has 2 heterocycles. The van der Waals surface area contributed by atoms with Crippen LogP contribution in [0.25, 0.3) is 11.0 Å². The maximum Gasteiger partial charge on any atom is 0.274 e. The van der Waals surface area contributed by atoms with Crippen molar-refractivity contribution in [1.29, 1.82) is 0 Å². The van der Waals surface area contributed by atoms with Crippen molar-refractivity contribution in [3.63, 3.8) is 0 Å². The Bertz CT molecular complexity index is 844. The van der Waals surface area contributed by atoms with E-state index in [-0.39, 0.29) is 11.5 Å². The molecule has 2 aromatic rings. The highest BCUT2D eigenvalue weighted by Gasteiger charge is 2.11. The third kappa shape index (κ3) is 8.84. The van der Waals surface area contributed by atoms with Gasteiger partial charge in [-0.2, -0.15) is 4.68 Å². The molecule has 2 aromatic heterocycles. The summed E-state index contributed by atoms with van der Waals surface area (Å²) >= 11 is 0. The summed E-state index contributed by atoms with van der Waals surface area (Å²) in [6.07, 6.45) is 19.3. The van der Waals surface area contributed by atoms with Crippen LogP contribution >= 0.6 is 0 Å². The molecule has 0 saturated carbocycles. The number of pyridine rings is 2. The van der Waals surface area contributed by atoms with Gasteiger partial charge < -0.3 is 0 Å². The fourth-order valence-electron chi connectivity index (χ4n) is 4.04. The first-order chi connectivity index (χ1) is 15.2. The summed E-state index contributed by atoms with van der Waals surface area (Å²) in [7, 11) is 0. The standard InChI is InChI=1S/C26H41N3O2/c1-3-5-6-7-8-9-10-11-12-13-14-15-16-19-24(30)28-29-25-23(18-17-20-27-25)21-22(4-2)26(29)31/h17-18,20-21H,3-16,19H2,1-2H3,(H,28,30). The molecule has 1 N–H and O–H groups in total. The summed E-state index contributed by atoms with van der Waals surface area (Å²) in [4.78, 5) is 29.3. The maximum atomic E-state index is 12.6. The number of aryl methyl sites for hydroxylation is 1. The third-order valence-electron chi connectivity index (χ3n) is 5.96. The summed E-state index contributed by atoms with van der Waals surface area (Å²) < 4.78 is 1.32. The molecule has 172 valence electrons. The highest BCUT2D eigenvalue weighted by molar-refractivity contribution is 5.86. The Kier molecular flexibility index (Phi) is 12.0. The predicted octanol–water partition coefficient (Wildman–Crippen LogP) is 6.51. The SMILES string of the molecule is CCCCCCCCCCCCCCCC(=O)Nn1c(=O)c(CC)cc2cccnc21. The Labute approximate surface area is 187 Å². The van der Waals surface area contributed by atoms with E-state index in [0.29, 0.717) is 24.1 Å². The van der Waals surface area contributed by atoms with Crippen molar-refractivity contribution in [3.05, 3.63) is 40.3 Å². The van der Waals surface area contributed by atoms with E-state index in [1.807, 2.05) is 25.1 Å². The molecule has 5 nitrogen and oxygen atoms in total. The van der Waals surface area contributed by atoms with E-state index in [2.05, 4.69) is 17.3 Å². The number of carbonyl (C=O) groups is 1. The van der Waals surface area contributed by atoms with Gasteiger partial charge in [-0.05, 0) is 31.0 Å². The minimum atomic E-state index is -0.188. The zero-order valence-corrected chi connectivity index (χ0v) is 19.6. The Balaban J connectivity index is 1.62. The topological polar surface area (TPSA) is 64.0 Å². The number of nitrogens with zero attached hydrogens (tertiary/aromatic N) is 2. The monoisotopic (exact) mass is 427 g/mol. The predicted molar refractivity (Wildman–Crippen MR) is 130 cm³/mol. The van der Waals surface area contributed by atoms with Crippen molar-refractivity contribution < 1.29 is 4.79 Å². The second-order valence-electron chi connectivity index (χ2n) is 8.61. The zero-order chi connectivity index (χ0) is 22.3. The fraction of sp³-hybridized carbons (Fsp3) is 0.654. The van der Waals surface area contributed by atoms with Gasteiger partial charge in [0.2, 0.25) is 5.91 Å². The van der Waals surface area contributed by atoms with E-state index in [9.17, 15) is 9.59 Å². The van der Waals surface area contributed by atoms with Gasteiger partial charge in [0.25, 0.3) is 5.56 Å². The average molecular weight is 428 g/mol. The molecule has 0 bridgehead atoms. The lowest BCUT2D eigenvalue weighted by molar-refractivity contribution is -0.117. The van der Waals surface area contributed by atoms with Crippen molar-refractivity contribution in [2.24, 2.45) is 0 Å². The number of hydrogen-bond acceptors (Lipinski definition) is 3. The molecule has 0 fully saturated rings. The van der Waals surface area contributed by atoms with Crippen LogP contribution in [-0.4, -0.2) is 15.6 Å². The van der Waals surface area contributed by atoms with E-state index in [1.54, 1.807) is 6.20 Å². The van der Waals surface area contributed by atoms with E-state index in [4.69, 9.17) is 0 Å². The van der Waals surface area contributed by atoms with Crippen LogP contribution in [0.3, 0.4) is 0 Å². The van der Waals surface area contributed by atoms with Crippen LogP contribution in [0.2, 0.25) is 0 Å². The molecular formula is C26H41N3O2. The first-order valence-corrected chi connectivity index (χ1v) is 12.5. The minimum absolute atomic E-state index is 0.120. The average Bonchev–Trinajstić information content (AvgIpc) is 2.78. The molecule has 0 atom stereocenters. The van der Waals surface area contributed by atoms with Crippen LogP contribution in [0.5, 0.6) is 0 Å². The molecule has 0 radical (unpaired) electrons. The number of rotatable bonds is 16. The van der Waals surface area contributed by atoms with Gasteiger partial charge in [-0.3, -0.25) is 15.0 Å². The lowest BCUT2D eigenvalue weighted by Gasteiger charge is -2.12. The van der Waals surface area contributed by atoms with Crippen molar-refractivity contribution in [3.8, 4) is 0 Å². The highest BCUT2D eigenvalue weighted by atomic mass is 16.2. The van der Waals surface area contributed by atoms with E-state index in [0.717, 1.165) is 18.2 Å². The maximum absolute atomic E-state index is 12.6. The van der Waals surface area contributed by atoms with Crippen LogP contribution in [0.15, 0.2) is 29.2 Å². The van der Waals surface area contributed by atoms with Gasteiger partial charge in [0, 0.05) is 23.6 Å². The van der Waals surface area contributed by atoms with Crippen molar-refractivity contribution in [2.45, 2.75) is 110 Å². The molecule has 0 aliphatic carbocycles. The lowest BCUT2D eigenvalue weighted by atomic mass is 10.0. The van der Waals surface area contributed by atoms with Gasteiger partial charge in [0.05, 0.1) is 0 Å². The van der Waals surface area contributed by atoms with Crippen LogP contribution in [0.4, 0.5) is 0 Å². The summed E-state index contributed by atoms with van der Waals surface area (Å²) in [5.74, 6) is -0.120. The number of amides is 1. The quantitative estimate of drug-likeness (QED) is 0.311. The third-order valence-corrected chi connectivity index (χ3v) is 5.96. The number of nitrogens with one attached hydrogen (secondary N) is 1. The van der Waals surface area contributed by atoms with Crippen LogP contribution in [-0.2, 0) is 11.2 Å². The van der Waals surface area contributed by atoms with Crippen molar-refractivity contribution in [1.82, 2.24) is 9.66 Å². The Hall–Kier alpha value is -2.17. The second kappa shape index (κ2) is 14.8. The molecule has 0 spiro atoms. The number of aromatic nitrogens is 2. The van der Waals surface area contributed by atoms with Gasteiger partial charge in [-0.15, -0.1) is 0 Å². The molecule has 1 amide bonds. The largest absolute Gasteiger partial charge is 0.274 e. The second-order valence-corrected chi connectivity index (χ2v) is 8.61. The zero-order valence-electron chi connectivity index (χ0n) is 19.6. The van der Waals surface area contributed by atoms with Gasteiger partial charge in [-0.25, -0.2) is 4.98 Å². The number of hydrogen-bond donors (Lipinski definition) is 1. The fourth-order valence-corrected chi connectivity index (χ4v) is 4.04. The van der Waals surface area contributed by atoms with Gasteiger partial charge in [0.15, 0.2) is 5.65 Å².